The first-order valence-electron chi connectivity index (χ1n) is 4.59. The Kier molecular flexibility index (Phi) is 6.74. The maximum absolute atomic E-state index is 11.1. The van der Waals surface area contributed by atoms with Crippen molar-refractivity contribution in [3.63, 3.8) is 0 Å². The highest BCUT2D eigenvalue weighted by molar-refractivity contribution is 5.83. The highest BCUT2D eigenvalue weighted by atomic mass is 16.5. The van der Waals surface area contributed by atoms with E-state index in [1.54, 1.807) is 7.11 Å². The zero-order valence-corrected chi connectivity index (χ0v) is 8.58. The van der Waals surface area contributed by atoms with Crippen LogP contribution in [0.2, 0.25) is 0 Å². The van der Waals surface area contributed by atoms with E-state index in [9.17, 15) is 9.59 Å². The van der Waals surface area contributed by atoms with Crippen molar-refractivity contribution in [2.45, 2.75) is 32.2 Å². The molecule has 0 aliphatic carbocycles. The van der Waals surface area contributed by atoms with Crippen molar-refractivity contribution in [3.05, 3.63) is 0 Å². The Morgan fingerprint density at radius 1 is 1.43 bits per heavy atom. The molecule has 14 heavy (non-hydrogen) atoms. The number of carboxylic acids is 1. The third-order valence-electron chi connectivity index (χ3n) is 1.75. The number of carbonyl (C=O) groups is 2. The number of hydrogen-bond donors (Lipinski definition) is 2. The maximum Gasteiger partial charge on any atom is 0.325 e. The van der Waals surface area contributed by atoms with Crippen LogP contribution in [0, 0.1) is 0 Å². The Balaban J connectivity index is 3.50. The molecule has 0 rings (SSSR count). The maximum atomic E-state index is 11.1. The number of hydrogen-bond acceptors (Lipinski definition) is 3. The number of unbranched alkanes of at least 4 members (excludes halogenated alkanes) is 1. The first-order valence-corrected chi connectivity index (χ1v) is 4.59. The number of carbonyl (C=O) groups excluding carboxylic acids is 1. The molecule has 0 aromatic rings. The quantitative estimate of drug-likeness (QED) is 0.587. The van der Waals surface area contributed by atoms with Gasteiger partial charge >= 0.3 is 5.97 Å². The summed E-state index contributed by atoms with van der Waals surface area (Å²) in [6.45, 7) is 2.07. The molecule has 0 heterocycles. The minimum absolute atomic E-state index is 0.226. The molecule has 0 saturated heterocycles. The fraction of sp³-hybridized carbons (Fsp3) is 0.778. The zero-order chi connectivity index (χ0) is 11.0. The molecule has 0 spiro atoms. The summed E-state index contributed by atoms with van der Waals surface area (Å²) in [6, 6.07) is -0.815. The van der Waals surface area contributed by atoms with Crippen LogP contribution in [0.5, 0.6) is 0 Å². The lowest BCUT2D eigenvalue weighted by Gasteiger charge is -2.08. The monoisotopic (exact) mass is 203 g/mol. The Hall–Kier alpha value is -1.10. The Morgan fingerprint density at radius 3 is 2.57 bits per heavy atom. The van der Waals surface area contributed by atoms with Crippen LogP contribution in [0.15, 0.2) is 0 Å². The normalized spacial score (nSPS) is 12.1. The summed E-state index contributed by atoms with van der Waals surface area (Å²) in [4.78, 5) is 21.5. The van der Waals surface area contributed by atoms with Gasteiger partial charge in [-0.05, 0) is 19.8 Å². The van der Waals surface area contributed by atoms with Crippen molar-refractivity contribution in [1.29, 1.82) is 0 Å². The highest BCUT2D eigenvalue weighted by Crippen LogP contribution is 1.96. The molecule has 0 aromatic carbocycles. The molecule has 0 bridgehead atoms. The van der Waals surface area contributed by atoms with Gasteiger partial charge in [0.05, 0.1) is 0 Å². The number of carboxylic acid groups (broad SMARTS) is 1. The van der Waals surface area contributed by atoms with Crippen molar-refractivity contribution in [2.75, 3.05) is 13.7 Å². The predicted molar refractivity (Wildman–Crippen MR) is 51.0 cm³/mol. The molecular formula is C9H17NO4. The van der Waals surface area contributed by atoms with Crippen LogP contribution in [0.1, 0.15) is 26.2 Å². The molecule has 82 valence electrons. The summed E-state index contributed by atoms with van der Waals surface area (Å²) in [6.07, 6.45) is 1.87. The van der Waals surface area contributed by atoms with E-state index < -0.39 is 12.0 Å². The molecule has 2 N–H and O–H groups in total. The van der Waals surface area contributed by atoms with E-state index in [1.807, 2.05) is 0 Å². The molecule has 5 heteroatoms. The van der Waals surface area contributed by atoms with Crippen molar-refractivity contribution in [1.82, 2.24) is 5.32 Å². The molecule has 5 nitrogen and oxygen atoms in total. The predicted octanol–water partition coefficient (Wildman–Crippen LogP) is 0.392. The van der Waals surface area contributed by atoms with Gasteiger partial charge in [-0.1, -0.05) is 0 Å². The first-order chi connectivity index (χ1) is 6.57. The lowest BCUT2D eigenvalue weighted by Crippen LogP contribution is -2.38. The first kappa shape index (κ1) is 12.9. The van der Waals surface area contributed by atoms with Gasteiger partial charge in [-0.2, -0.15) is 0 Å². The van der Waals surface area contributed by atoms with Gasteiger partial charge in [-0.3, -0.25) is 9.59 Å². The van der Waals surface area contributed by atoms with Gasteiger partial charge in [-0.25, -0.2) is 0 Å². The molecule has 0 radical (unpaired) electrons. The van der Waals surface area contributed by atoms with Gasteiger partial charge in [0.15, 0.2) is 0 Å². The summed E-state index contributed by atoms with van der Waals surface area (Å²) in [5.41, 5.74) is 0. The molecule has 0 aliphatic heterocycles. The van der Waals surface area contributed by atoms with Crippen molar-refractivity contribution in [3.8, 4) is 0 Å². The minimum Gasteiger partial charge on any atom is -0.480 e. The fourth-order valence-corrected chi connectivity index (χ4v) is 0.907. The SMILES string of the molecule is COCCCCC(=O)NC(C)C(=O)O. The zero-order valence-electron chi connectivity index (χ0n) is 8.58. The summed E-state index contributed by atoms with van der Waals surface area (Å²) in [5.74, 6) is -1.24. The van der Waals surface area contributed by atoms with Crippen LogP contribution >= 0.6 is 0 Å². The van der Waals surface area contributed by atoms with Crippen LogP contribution in [0.4, 0.5) is 0 Å². The average molecular weight is 203 g/mol. The Bertz CT molecular complexity index is 193. The molecule has 1 atom stereocenters. The molecular weight excluding hydrogens is 186 g/mol. The van der Waals surface area contributed by atoms with E-state index in [-0.39, 0.29) is 5.91 Å². The van der Waals surface area contributed by atoms with Crippen molar-refractivity contribution in [2.24, 2.45) is 0 Å². The summed E-state index contributed by atoms with van der Waals surface area (Å²) >= 11 is 0. The molecule has 0 fully saturated rings. The Morgan fingerprint density at radius 2 is 2.07 bits per heavy atom. The fourth-order valence-electron chi connectivity index (χ4n) is 0.907. The van der Waals surface area contributed by atoms with Gasteiger partial charge in [0.2, 0.25) is 5.91 Å². The molecule has 1 unspecified atom stereocenters. The van der Waals surface area contributed by atoms with E-state index in [4.69, 9.17) is 9.84 Å². The number of nitrogens with one attached hydrogen (secondary N) is 1. The third-order valence-corrected chi connectivity index (χ3v) is 1.75. The third kappa shape index (κ3) is 6.42. The van der Waals surface area contributed by atoms with E-state index in [2.05, 4.69) is 5.32 Å². The standard InChI is InChI=1S/C9H17NO4/c1-7(9(12)13)10-8(11)5-3-4-6-14-2/h7H,3-6H2,1-2H3,(H,10,11)(H,12,13). The second-order valence-corrected chi connectivity index (χ2v) is 3.08. The van der Waals surface area contributed by atoms with Gasteiger partial charge < -0.3 is 15.2 Å². The number of aliphatic carboxylic acids is 1. The highest BCUT2D eigenvalue weighted by Gasteiger charge is 2.12. The second kappa shape index (κ2) is 7.32. The minimum atomic E-state index is -1.02. The molecule has 0 saturated carbocycles. The van der Waals surface area contributed by atoms with Crippen LogP contribution in [-0.4, -0.2) is 36.7 Å². The lowest BCUT2D eigenvalue weighted by molar-refractivity contribution is -0.141. The number of methoxy groups -OCH3 is 1. The van der Waals surface area contributed by atoms with Gasteiger partial charge in [-0.15, -0.1) is 0 Å². The largest absolute Gasteiger partial charge is 0.480 e. The molecule has 0 aromatic heterocycles. The smallest absolute Gasteiger partial charge is 0.325 e. The summed E-state index contributed by atoms with van der Waals surface area (Å²) in [7, 11) is 1.60. The number of ether oxygens (including phenoxy) is 1. The van der Waals surface area contributed by atoms with E-state index in [1.165, 1.54) is 6.92 Å². The van der Waals surface area contributed by atoms with Gasteiger partial charge in [0, 0.05) is 20.1 Å². The second-order valence-electron chi connectivity index (χ2n) is 3.08. The summed E-state index contributed by atoms with van der Waals surface area (Å²) in [5, 5.41) is 10.9. The van der Waals surface area contributed by atoms with Gasteiger partial charge in [0.25, 0.3) is 0 Å². The van der Waals surface area contributed by atoms with Crippen molar-refractivity contribution >= 4 is 11.9 Å². The Labute approximate surface area is 83.4 Å². The van der Waals surface area contributed by atoms with E-state index >= 15 is 0 Å². The van der Waals surface area contributed by atoms with Crippen LogP contribution in [-0.2, 0) is 14.3 Å². The van der Waals surface area contributed by atoms with E-state index in [0.29, 0.717) is 19.4 Å². The van der Waals surface area contributed by atoms with Crippen LogP contribution in [0.3, 0.4) is 0 Å². The number of rotatable bonds is 7. The van der Waals surface area contributed by atoms with Crippen molar-refractivity contribution < 1.29 is 19.4 Å². The average Bonchev–Trinajstić information content (AvgIpc) is 2.12. The molecule has 1 amide bonds. The van der Waals surface area contributed by atoms with Crippen LogP contribution in [0.25, 0.3) is 0 Å². The van der Waals surface area contributed by atoms with E-state index in [0.717, 1.165) is 6.42 Å². The summed E-state index contributed by atoms with van der Waals surface area (Å²) < 4.78 is 4.82. The number of amides is 1. The lowest BCUT2D eigenvalue weighted by atomic mass is 10.2. The molecule has 0 aliphatic rings. The van der Waals surface area contributed by atoms with Crippen LogP contribution < -0.4 is 5.32 Å². The topological polar surface area (TPSA) is 75.6 Å². The van der Waals surface area contributed by atoms with Gasteiger partial charge in [0.1, 0.15) is 6.04 Å².